The van der Waals surface area contributed by atoms with Crippen LogP contribution in [0.1, 0.15) is 25.8 Å². The van der Waals surface area contributed by atoms with Crippen molar-refractivity contribution in [2.75, 3.05) is 26.9 Å². The molecule has 0 radical (unpaired) electrons. The highest BCUT2D eigenvalue weighted by Gasteiger charge is 2.24. The average Bonchev–Trinajstić information content (AvgIpc) is 2.54. The average molecular weight is 358 g/mol. The zero-order valence-electron chi connectivity index (χ0n) is 14.6. The second-order valence-corrected chi connectivity index (χ2v) is 7.02. The molecule has 0 heterocycles. The minimum absolute atomic E-state index is 0.0148. The van der Waals surface area contributed by atoms with Crippen LogP contribution < -0.4 is 14.8 Å². The van der Waals surface area contributed by atoms with E-state index in [1.54, 1.807) is 19.1 Å². The van der Waals surface area contributed by atoms with Crippen LogP contribution >= 0.6 is 0 Å². The summed E-state index contributed by atoms with van der Waals surface area (Å²) in [7, 11) is -2.47. The van der Waals surface area contributed by atoms with Gasteiger partial charge in [0.15, 0.2) is 0 Å². The van der Waals surface area contributed by atoms with Crippen LogP contribution in [-0.4, -0.2) is 47.2 Å². The molecule has 0 spiro atoms. The first-order valence-electron chi connectivity index (χ1n) is 7.84. The molecule has 0 bridgehead atoms. The highest BCUT2D eigenvalue weighted by Crippen LogP contribution is 2.24. The van der Waals surface area contributed by atoms with Gasteiger partial charge in [-0.15, -0.1) is 0 Å². The number of rotatable bonds is 10. The van der Waals surface area contributed by atoms with E-state index in [1.807, 2.05) is 6.92 Å². The lowest BCUT2D eigenvalue weighted by Crippen LogP contribution is -2.45. The van der Waals surface area contributed by atoms with E-state index in [-0.39, 0.29) is 16.6 Å². The summed E-state index contributed by atoms with van der Waals surface area (Å²) >= 11 is 0. The van der Waals surface area contributed by atoms with Crippen LogP contribution in [0, 0.1) is 6.92 Å². The van der Waals surface area contributed by atoms with Gasteiger partial charge in [0.05, 0.1) is 13.2 Å². The smallest absolute Gasteiger partial charge is 0.244 e. The Morgan fingerprint density at radius 1 is 1.33 bits per heavy atom. The van der Waals surface area contributed by atoms with E-state index < -0.39 is 16.1 Å². The monoisotopic (exact) mass is 358 g/mol. The molecule has 0 saturated carbocycles. The van der Waals surface area contributed by atoms with Crippen molar-refractivity contribution in [3.05, 3.63) is 23.8 Å². The normalized spacial score (nSPS) is 12.7. The Kier molecular flexibility index (Phi) is 8.17. The molecule has 1 amide bonds. The van der Waals surface area contributed by atoms with E-state index in [0.717, 1.165) is 5.56 Å². The van der Waals surface area contributed by atoms with Crippen molar-refractivity contribution in [3.8, 4) is 5.75 Å². The maximum Gasteiger partial charge on any atom is 0.244 e. The van der Waals surface area contributed by atoms with Crippen LogP contribution in [0.2, 0.25) is 0 Å². The summed E-state index contributed by atoms with van der Waals surface area (Å²) in [6.07, 6.45) is 0.671. The first-order chi connectivity index (χ1) is 11.3. The first kappa shape index (κ1) is 20.4. The van der Waals surface area contributed by atoms with Crippen molar-refractivity contribution in [2.45, 2.75) is 38.1 Å². The molecule has 8 heteroatoms. The molecule has 0 aromatic heterocycles. The molecule has 7 nitrogen and oxygen atoms in total. The van der Waals surface area contributed by atoms with Gasteiger partial charge in [0.25, 0.3) is 0 Å². The number of amides is 1. The maximum absolute atomic E-state index is 12.5. The van der Waals surface area contributed by atoms with Gasteiger partial charge in [0.1, 0.15) is 10.6 Å². The van der Waals surface area contributed by atoms with E-state index in [1.165, 1.54) is 20.1 Å². The number of sulfonamides is 1. The van der Waals surface area contributed by atoms with Crippen molar-refractivity contribution < 1.29 is 22.7 Å². The summed E-state index contributed by atoms with van der Waals surface area (Å²) in [5.41, 5.74) is 0.782. The number of hydrogen-bond acceptors (Lipinski definition) is 5. The number of methoxy groups -OCH3 is 1. The minimum atomic E-state index is -3.87. The van der Waals surface area contributed by atoms with E-state index in [2.05, 4.69) is 10.0 Å². The molecule has 1 aromatic carbocycles. The summed E-state index contributed by atoms with van der Waals surface area (Å²) in [5, 5.41) is 2.68. The fourth-order valence-corrected chi connectivity index (χ4v) is 3.48. The predicted octanol–water partition coefficient (Wildman–Crippen LogP) is 1.21. The summed E-state index contributed by atoms with van der Waals surface area (Å²) in [6.45, 7) is 6.79. The molecule has 0 aliphatic heterocycles. The summed E-state index contributed by atoms with van der Waals surface area (Å²) < 4.78 is 37.7. The van der Waals surface area contributed by atoms with E-state index in [4.69, 9.17) is 9.47 Å². The Morgan fingerprint density at radius 2 is 2.04 bits per heavy atom. The fraction of sp³-hybridized carbons (Fsp3) is 0.562. The van der Waals surface area contributed by atoms with Crippen LogP contribution in [0.5, 0.6) is 5.75 Å². The van der Waals surface area contributed by atoms with Gasteiger partial charge in [-0.3, -0.25) is 4.79 Å². The maximum atomic E-state index is 12.5. The Morgan fingerprint density at radius 3 is 2.67 bits per heavy atom. The van der Waals surface area contributed by atoms with Crippen LogP contribution in [-0.2, 0) is 19.6 Å². The Labute approximate surface area is 143 Å². The Balaban J connectivity index is 2.69. The third kappa shape index (κ3) is 6.10. The van der Waals surface area contributed by atoms with E-state index in [0.29, 0.717) is 26.2 Å². The second kappa shape index (κ2) is 9.61. The number of aryl methyl sites for hydroxylation is 1. The quantitative estimate of drug-likeness (QED) is 0.613. The third-order valence-electron chi connectivity index (χ3n) is 3.30. The molecule has 2 N–H and O–H groups in total. The van der Waals surface area contributed by atoms with Crippen LogP contribution in [0.25, 0.3) is 0 Å². The molecule has 0 aliphatic rings. The lowest BCUT2D eigenvalue weighted by atomic mass is 10.2. The van der Waals surface area contributed by atoms with Crippen LogP contribution in [0.15, 0.2) is 23.1 Å². The molecule has 0 aliphatic carbocycles. The van der Waals surface area contributed by atoms with Gasteiger partial charge in [0, 0.05) is 19.8 Å². The summed E-state index contributed by atoms with van der Waals surface area (Å²) in [4.78, 5) is 12.0. The summed E-state index contributed by atoms with van der Waals surface area (Å²) in [5.74, 6) is -0.154. The number of benzene rings is 1. The highest BCUT2D eigenvalue weighted by molar-refractivity contribution is 7.89. The lowest BCUT2D eigenvalue weighted by Gasteiger charge is -2.16. The van der Waals surface area contributed by atoms with Crippen molar-refractivity contribution >= 4 is 15.9 Å². The highest BCUT2D eigenvalue weighted by atomic mass is 32.2. The lowest BCUT2D eigenvalue weighted by molar-refractivity contribution is -0.122. The van der Waals surface area contributed by atoms with Gasteiger partial charge in [-0.1, -0.05) is 6.07 Å². The molecular weight excluding hydrogens is 332 g/mol. The van der Waals surface area contributed by atoms with Crippen LogP contribution in [0.4, 0.5) is 0 Å². The molecule has 0 saturated heterocycles. The Hall–Kier alpha value is -1.64. The van der Waals surface area contributed by atoms with Crippen molar-refractivity contribution in [1.29, 1.82) is 0 Å². The van der Waals surface area contributed by atoms with Crippen LogP contribution in [0.3, 0.4) is 0 Å². The van der Waals surface area contributed by atoms with Crippen molar-refractivity contribution in [2.24, 2.45) is 0 Å². The van der Waals surface area contributed by atoms with Crippen molar-refractivity contribution in [1.82, 2.24) is 10.0 Å². The number of carbonyl (C=O) groups is 1. The van der Waals surface area contributed by atoms with Gasteiger partial charge in [0.2, 0.25) is 15.9 Å². The molecule has 0 fully saturated rings. The molecule has 1 atom stereocenters. The van der Waals surface area contributed by atoms with E-state index in [9.17, 15) is 13.2 Å². The predicted molar refractivity (Wildman–Crippen MR) is 91.6 cm³/mol. The zero-order chi connectivity index (χ0) is 18.2. The first-order valence-corrected chi connectivity index (χ1v) is 9.32. The number of hydrogen-bond donors (Lipinski definition) is 2. The molecule has 1 aromatic rings. The van der Waals surface area contributed by atoms with Gasteiger partial charge in [-0.05, 0) is 44.9 Å². The SMILES string of the molecule is CCOCCCNC(=O)[C@@H](C)NS(=O)(=O)c1cc(C)ccc1OC. The van der Waals surface area contributed by atoms with Crippen molar-refractivity contribution in [3.63, 3.8) is 0 Å². The zero-order valence-corrected chi connectivity index (χ0v) is 15.4. The number of nitrogens with one attached hydrogen (secondary N) is 2. The molecule has 1 rings (SSSR count). The van der Waals surface area contributed by atoms with Gasteiger partial charge >= 0.3 is 0 Å². The fourth-order valence-electron chi connectivity index (χ4n) is 2.03. The standard InChI is InChI=1S/C16H26N2O5S/c1-5-23-10-6-9-17-16(19)13(3)18-24(20,21)15-11-12(2)7-8-14(15)22-4/h7-8,11,13,18H,5-6,9-10H2,1-4H3,(H,17,19)/t13-/m1/s1. The topological polar surface area (TPSA) is 93.7 Å². The number of carbonyl (C=O) groups excluding carboxylic acids is 1. The minimum Gasteiger partial charge on any atom is -0.495 e. The van der Waals surface area contributed by atoms with E-state index >= 15 is 0 Å². The molecular formula is C16H26N2O5S. The van der Waals surface area contributed by atoms with Gasteiger partial charge in [-0.25, -0.2) is 8.42 Å². The Bertz CT molecular complexity index is 646. The van der Waals surface area contributed by atoms with Gasteiger partial charge < -0.3 is 14.8 Å². The number of ether oxygens (including phenoxy) is 2. The molecule has 136 valence electrons. The van der Waals surface area contributed by atoms with Gasteiger partial charge in [-0.2, -0.15) is 4.72 Å². The molecule has 0 unspecified atom stereocenters. The third-order valence-corrected chi connectivity index (χ3v) is 4.86. The second-order valence-electron chi connectivity index (χ2n) is 5.34. The largest absolute Gasteiger partial charge is 0.495 e. The summed E-state index contributed by atoms with van der Waals surface area (Å²) in [6, 6.07) is 3.95. The molecule has 24 heavy (non-hydrogen) atoms.